The lowest BCUT2D eigenvalue weighted by Gasteiger charge is -2.06. The molecular weight excluding hydrogens is 266 g/mol. The van der Waals surface area contributed by atoms with E-state index in [1.54, 1.807) is 10.9 Å². The van der Waals surface area contributed by atoms with Crippen molar-refractivity contribution in [2.45, 2.75) is 26.4 Å². The first kappa shape index (κ1) is 15.3. The average Bonchev–Trinajstić information content (AvgIpc) is 2.80. The zero-order valence-corrected chi connectivity index (χ0v) is 12.5. The monoisotopic (exact) mass is 287 g/mol. The fraction of sp³-hybridized carbons (Fsp3) is 0.375. The molecule has 0 atom stereocenters. The molecule has 21 heavy (non-hydrogen) atoms. The van der Waals surface area contributed by atoms with Gasteiger partial charge < -0.3 is 10.1 Å². The molecule has 0 saturated heterocycles. The van der Waals surface area contributed by atoms with Gasteiger partial charge in [0.05, 0.1) is 24.2 Å². The molecule has 0 unspecified atom stereocenters. The van der Waals surface area contributed by atoms with E-state index in [-0.39, 0.29) is 5.91 Å². The highest BCUT2D eigenvalue weighted by Crippen LogP contribution is 2.12. The SMILES string of the molecule is Cc1c(NC(=O)CCCOCc2ccccc2)cnn1C. The zero-order chi connectivity index (χ0) is 15.1. The Morgan fingerprint density at radius 3 is 2.76 bits per heavy atom. The predicted octanol–water partition coefficient (Wildman–Crippen LogP) is 2.66. The number of benzene rings is 1. The number of hydrogen-bond acceptors (Lipinski definition) is 3. The van der Waals surface area contributed by atoms with E-state index in [4.69, 9.17) is 4.74 Å². The molecule has 1 amide bonds. The van der Waals surface area contributed by atoms with E-state index in [1.807, 2.05) is 44.3 Å². The highest BCUT2D eigenvalue weighted by Gasteiger charge is 2.07. The molecule has 1 N–H and O–H groups in total. The lowest BCUT2D eigenvalue weighted by molar-refractivity contribution is -0.116. The molecule has 2 aromatic rings. The smallest absolute Gasteiger partial charge is 0.224 e. The Morgan fingerprint density at radius 1 is 1.33 bits per heavy atom. The number of nitrogens with one attached hydrogen (secondary N) is 1. The molecule has 0 spiro atoms. The van der Waals surface area contributed by atoms with Gasteiger partial charge in [-0.3, -0.25) is 9.48 Å². The van der Waals surface area contributed by atoms with Crippen LogP contribution in [0, 0.1) is 6.92 Å². The molecule has 2 rings (SSSR count). The van der Waals surface area contributed by atoms with E-state index >= 15 is 0 Å². The Kier molecular flexibility index (Phi) is 5.51. The molecule has 0 aliphatic carbocycles. The minimum absolute atomic E-state index is 0.00517. The van der Waals surface area contributed by atoms with Crippen LogP contribution in [-0.4, -0.2) is 22.3 Å². The third-order valence-electron chi connectivity index (χ3n) is 3.31. The second-order valence-corrected chi connectivity index (χ2v) is 4.96. The topological polar surface area (TPSA) is 56.1 Å². The summed E-state index contributed by atoms with van der Waals surface area (Å²) < 4.78 is 7.29. The first-order valence-corrected chi connectivity index (χ1v) is 7.07. The number of amides is 1. The van der Waals surface area contributed by atoms with Crippen molar-refractivity contribution in [1.82, 2.24) is 9.78 Å². The number of carbonyl (C=O) groups excluding carboxylic acids is 1. The standard InChI is InChI=1S/C16H21N3O2/c1-13-15(11-17-19(13)2)18-16(20)9-6-10-21-12-14-7-4-3-5-8-14/h3-5,7-8,11H,6,9-10,12H2,1-2H3,(H,18,20). The maximum atomic E-state index is 11.8. The fourth-order valence-electron chi connectivity index (χ4n) is 1.93. The molecule has 1 aromatic carbocycles. The Labute approximate surface area is 124 Å². The number of hydrogen-bond donors (Lipinski definition) is 1. The Hall–Kier alpha value is -2.14. The number of carbonyl (C=O) groups is 1. The molecule has 0 bridgehead atoms. The van der Waals surface area contributed by atoms with Crippen LogP contribution in [0.15, 0.2) is 36.5 Å². The number of aryl methyl sites for hydroxylation is 1. The van der Waals surface area contributed by atoms with Crippen molar-refractivity contribution in [2.24, 2.45) is 7.05 Å². The van der Waals surface area contributed by atoms with Gasteiger partial charge in [0.15, 0.2) is 0 Å². The van der Waals surface area contributed by atoms with Crippen molar-refractivity contribution in [3.8, 4) is 0 Å². The zero-order valence-electron chi connectivity index (χ0n) is 12.5. The first-order valence-electron chi connectivity index (χ1n) is 7.07. The van der Waals surface area contributed by atoms with Crippen molar-refractivity contribution in [3.05, 3.63) is 47.8 Å². The summed E-state index contributed by atoms with van der Waals surface area (Å²) in [6.45, 7) is 3.09. The van der Waals surface area contributed by atoms with Crippen LogP contribution in [0.4, 0.5) is 5.69 Å². The van der Waals surface area contributed by atoms with Gasteiger partial charge in [0.25, 0.3) is 0 Å². The summed E-state index contributed by atoms with van der Waals surface area (Å²) in [6, 6.07) is 10.0. The fourth-order valence-corrected chi connectivity index (χ4v) is 1.93. The molecule has 0 radical (unpaired) electrons. The highest BCUT2D eigenvalue weighted by atomic mass is 16.5. The summed E-state index contributed by atoms with van der Waals surface area (Å²) in [5, 5.41) is 6.95. The van der Waals surface area contributed by atoms with Gasteiger partial charge in [-0.05, 0) is 18.9 Å². The number of nitrogens with zero attached hydrogens (tertiary/aromatic N) is 2. The minimum Gasteiger partial charge on any atom is -0.377 e. The van der Waals surface area contributed by atoms with Crippen LogP contribution in [0.2, 0.25) is 0 Å². The van der Waals surface area contributed by atoms with Gasteiger partial charge in [0.1, 0.15) is 0 Å². The van der Waals surface area contributed by atoms with Crippen molar-refractivity contribution in [1.29, 1.82) is 0 Å². The summed E-state index contributed by atoms with van der Waals surface area (Å²) in [5.74, 6) is -0.00517. The summed E-state index contributed by atoms with van der Waals surface area (Å²) in [4.78, 5) is 11.8. The largest absolute Gasteiger partial charge is 0.377 e. The van der Waals surface area contributed by atoms with Gasteiger partial charge in [-0.15, -0.1) is 0 Å². The van der Waals surface area contributed by atoms with Gasteiger partial charge in [-0.1, -0.05) is 30.3 Å². The van der Waals surface area contributed by atoms with Crippen LogP contribution in [0.3, 0.4) is 0 Å². The van der Waals surface area contributed by atoms with E-state index < -0.39 is 0 Å². The van der Waals surface area contributed by atoms with Crippen LogP contribution >= 0.6 is 0 Å². The molecule has 0 fully saturated rings. The average molecular weight is 287 g/mol. The molecule has 0 aliphatic heterocycles. The van der Waals surface area contributed by atoms with Crippen LogP contribution < -0.4 is 5.32 Å². The number of ether oxygens (including phenoxy) is 1. The van der Waals surface area contributed by atoms with E-state index in [2.05, 4.69) is 10.4 Å². The van der Waals surface area contributed by atoms with Crippen LogP contribution in [0.25, 0.3) is 0 Å². The van der Waals surface area contributed by atoms with Crippen molar-refractivity contribution < 1.29 is 9.53 Å². The first-order chi connectivity index (χ1) is 10.2. The van der Waals surface area contributed by atoms with Crippen molar-refractivity contribution in [2.75, 3.05) is 11.9 Å². The summed E-state index contributed by atoms with van der Waals surface area (Å²) in [7, 11) is 1.85. The Morgan fingerprint density at radius 2 is 2.10 bits per heavy atom. The van der Waals surface area contributed by atoms with Gasteiger partial charge in [0, 0.05) is 20.1 Å². The maximum Gasteiger partial charge on any atom is 0.224 e. The lowest BCUT2D eigenvalue weighted by atomic mass is 10.2. The van der Waals surface area contributed by atoms with Crippen LogP contribution in [-0.2, 0) is 23.2 Å². The summed E-state index contributed by atoms with van der Waals surface area (Å²) in [5.41, 5.74) is 2.87. The predicted molar refractivity (Wildman–Crippen MR) is 81.9 cm³/mol. The second-order valence-electron chi connectivity index (χ2n) is 4.96. The van der Waals surface area contributed by atoms with E-state index in [0.717, 1.165) is 16.9 Å². The molecule has 1 aromatic heterocycles. The quantitative estimate of drug-likeness (QED) is 0.797. The van der Waals surface area contributed by atoms with Crippen LogP contribution in [0.5, 0.6) is 0 Å². The third kappa shape index (κ3) is 4.72. The molecule has 1 heterocycles. The summed E-state index contributed by atoms with van der Waals surface area (Å²) >= 11 is 0. The summed E-state index contributed by atoms with van der Waals surface area (Å²) in [6.07, 6.45) is 2.82. The van der Waals surface area contributed by atoms with Gasteiger partial charge in [0.2, 0.25) is 5.91 Å². The highest BCUT2D eigenvalue weighted by molar-refractivity contribution is 5.91. The normalized spacial score (nSPS) is 10.6. The molecule has 0 saturated carbocycles. The number of rotatable bonds is 7. The molecule has 5 nitrogen and oxygen atoms in total. The maximum absolute atomic E-state index is 11.8. The Bertz CT molecular complexity index is 578. The van der Waals surface area contributed by atoms with Gasteiger partial charge in [-0.25, -0.2) is 0 Å². The minimum atomic E-state index is -0.00517. The number of anilines is 1. The van der Waals surface area contributed by atoms with E-state index in [9.17, 15) is 4.79 Å². The van der Waals surface area contributed by atoms with Gasteiger partial charge in [-0.2, -0.15) is 5.10 Å². The van der Waals surface area contributed by atoms with E-state index in [1.165, 1.54) is 0 Å². The molecule has 112 valence electrons. The van der Waals surface area contributed by atoms with Gasteiger partial charge >= 0.3 is 0 Å². The van der Waals surface area contributed by atoms with Crippen molar-refractivity contribution >= 4 is 11.6 Å². The molecular formula is C16H21N3O2. The van der Waals surface area contributed by atoms with Crippen LogP contribution in [0.1, 0.15) is 24.1 Å². The molecule has 0 aliphatic rings. The molecule has 5 heteroatoms. The second kappa shape index (κ2) is 7.59. The lowest BCUT2D eigenvalue weighted by Crippen LogP contribution is -2.12. The van der Waals surface area contributed by atoms with Crippen molar-refractivity contribution in [3.63, 3.8) is 0 Å². The third-order valence-corrected chi connectivity index (χ3v) is 3.31. The number of aromatic nitrogens is 2. The van der Waals surface area contributed by atoms with E-state index in [0.29, 0.717) is 26.1 Å². The Balaban J connectivity index is 1.62.